The van der Waals surface area contributed by atoms with E-state index in [2.05, 4.69) is 10.6 Å². The Morgan fingerprint density at radius 1 is 1.32 bits per heavy atom. The molecule has 0 spiro atoms. The lowest BCUT2D eigenvalue weighted by Gasteiger charge is -2.15. The molecule has 0 radical (unpaired) electrons. The minimum Gasteiger partial charge on any atom is -0.496 e. The number of para-hydroxylation sites is 1. The molecule has 0 aromatic heterocycles. The number of nitrogens with one attached hydrogen (secondary N) is 2. The van der Waals surface area contributed by atoms with E-state index in [0.29, 0.717) is 17.7 Å². The Balaban J connectivity index is 1.53. The van der Waals surface area contributed by atoms with Crippen LogP contribution in [-0.4, -0.2) is 61.9 Å². The fourth-order valence-electron chi connectivity index (χ4n) is 3.41. The SMILES string of the molecule is COc1ccccc1CN1C(=O)N[C@@H](CCC(=O)NC2CCS(=O)(=O)C2)C1=O. The molecular weight excluding hydrogens is 386 g/mol. The van der Waals surface area contributed by atoms with Gasteiger partial charge in [0, 0.05) is 18.0 Å². The molecule has 9 nitrogen and oxygen atoms in total. The molecule has 10 heteroatoms. The van der Waals surface area contributed by atoms with Crippen molar-refractivity contribution >= 4 is 27.7 Å². The van der Waals surface area contributed by atoms with Crippen molar-refractivity contribution in [1.82, 2.24) is 15.5 Å². The Morgan fingerprint density at radius 3 is 2.75 bits per heavy atom. The molecule has 4 amide bonds. The highest BCUT2D eigenvalue weighted by Crippen LogP contribution is 2.22. The predicted octanol–water partition coefficient (Wildman–Crippen LogP) is 0.199. The van der Waals surface area contributed by atoms with Crippen LogP contribution >= 0.6 is 0 Å². The Bertz CT molecular complexity index is 885. The van der Waals surface area contributed by atoms with Gasteiger partial charge in [-0.25, -0.2) is 13.2 Å². The second-order valence-electron chi connectivity index (χ2n) is 6.94. The van der Waals surface area contributed by atoms with Crippen molar-refractivity contribution in [3.05, 3.63) is 29.8 Å². The summed E-state index contributed by atoms with van der Waals surface area (Å²) >= 11 is 0. The quantitative estimate of drug-likeness (QED) is 0.621. The minimum absolute atomic E-state index is 0.0235. The van der Waals surface area contributed by atoms with E-state index in [1.54, 1.807) is 24.3 Å². The molecule has 2 saturated heterocycles. The second kappa shape index (κ2) is 8.17. The summed E-state index contributed by atoms with van der Waals surface area (Å²) in [7, 11) is -1.56. The number of urea groups is 1. The Hall–Kier alpha value is -2.62. The normalized spacial score (nSPS) is 23.5. The molecule has 152 valence electrons. The summed E-state index contributed by atoms with van der Waals surface area (Å²) in [5.74, 6) is -0.116. The molecule has 0 saturated carbocycles. The van der Waals surface area contributed by atoms with Crippen molar-refractivity contribution < 1.29 is 27.5 Å². The molecule has 2 heterocycles. The van der Waals surface area contributed by atoms with Crippen LogP contribution < -0.4 is 15.4 Å². The van der Waals surface area contributed by atoms with Crippen LogP contribution in [-0.2, 0) is 26.0 Å². The number of ether oxygens (including phenoxy) is 1. The van der Waals surface area contributed by atoms with E-state index in [9.17, 15) is 22.8 Å². The smallest absolute Gasteiger partial charge is 0.325 e. The first-order chi connectivity index (χ1) is 13.3. The first-order valence-corrected chi connectivity index (χ1v) is 10.8. The Kier molecular flexibility index (Phi) is 5.87. The summed E-state index contributed by atoms with van der Waals surface area (Å²) in [5.41, 5.74) is 0.703. The van der Waals surface area contributed by atoms with Gasteiger partial charge < -0.3 is 15.4 Å². The van der Waals surface area contributed by atoms with Crippen LogP contribution in [0.2, 0.25) is 0 Å². The molecule has 0 bridgehead atoms. The number of hydrogen-bond donors (Lipinski definition) is 2. The summed E-state index contributed by atoms with van der Waals surface area (Å²) < 4.78 is 28.1. The lowest BCUT2D eigenvalue weighted by atomic mass is 10.1. The van der Waals surface area contributed by atoms with Gasteiger partial charge in [0.1, 0.15) is 11.8 Å². The molecule has 28 heavy (non-hydrogen) atoms. The van der Waals surface area contributed by atoms with Crippen LogP contribution in [0.15, 0.2) is 24.3 Å². The summed E-state index contributed by atoms with van der Waals surface area (Å²) in [5, 5.41) is 5.27. The zero-order valence-corrected chi connectivity index (χ0v) is 16.3. The second-order valence-corrected chi connectivity index (χ2v) is 9.17. The van der Waals surface area contributed by atoms with Gasteiger partial charge in [-0.05, 0) is 18.9 Å². The number of imide groups is 1. The first-order valence-electron chi connectivity index (χ1n) is 9.02. The highest BCUT2D eigenvalue weighted by Gasteiger charge is 2.38. The van der Waals surface area contributed by atoms with Gasteiger partial charge in [-0.15, -0.1) is 0 Å². The highest BCUT2D eigenvalue weighted by molar-refractivity contribution is 7.91. The maximum atomic E-state index is 12.6. The van der Waals surface area contributed by atoms with E-state index < -0.39 is 27.8 Å². The van der Waals surface area contributed by atoms with E-state index in [-0.39, 0.29) is 42.8 Å². The summed E-state index contributed by atoms with van der Waals surface area (Å²) in [4.78, 5) is 37.9. The van der Waals surface area contributed by atoms with Crippen molar-refractivity contribution in [2.24, 2.45) is 0 Å². The number of rotatable bonds is 7. The molecule has 2 aliphatic heterocycles. The van der Waals surface area contributed by atoms with E-state index in [4.69, 9.17) is 4.74 Å². The van der Waals surface area contributed by atoms with Crippen LogP contribution in [0.3, 0.4) is 0 Å². The summed E-state index contributed by atoms with van der Waals surface area (Å²) in [6.45, 7) is 0.0807. The molecule has 1 aromatic carbocycles. The maximum Gasteiger partial charge on any atom is 0.325 e. The number of amides is 4. The van der Waals surface area contributed by atoms with Gasteiger partial charge in [0.25, 0.3) is 5.91 Å². The first kappa shape index (κ1) is 20.1. The molecule has 0 aliphatic carbocycles. The molecular formula is C18H23N3O6S. The fraction of sp³-hybridized carbons (Fsp3) is 0.500. The summed E-state index contributed by atoms with van der Waals surface area (Å²) in [6, 6.07) is 5.44. The minimum atomic E-state index is -3.07. The van der Waals surface area contributed by atoms with Gasteiger partial charge in [0.15, 0.2) is 9.84 Å². The van der Waals surface area contributed by atoms with Crippen LogP contribution in [0, 0.1) is 0 Å². The lowest BCUT2D eigenvalue weighted by Crippen LogP contribution is -2.37. The third-order valence-electron chi connectivity index (χ3n) is 4.89. The average Bonchev–Trinajstić information content (AvgIpc) is 3.13. The molecule has 2 N–H and O–H groups in total. The topological polar surface area (TPSA) is 122 Å². The third kappa shape index (κ3) is 4.61. The highest BCUT2D eigenvalue weighted by atomic mass is 32.2. The van der Waals surface area contributed by atoms with Crippen LogP contribution in [0.4, 0.5) is 4.79 Å². The summed E-state index contributed by atoms with van der Waals surface area (Å²) in [6.07, 6.45) is 0.577. The Morgan fingerprint density at radius 2 is 2.07 bits per heavy atom. The average molecular weight is 409 g/mol. The van der Waals surface area contributed by atoms with E-state index in [1.165, 1.54) is 7.11 Å². The van der Waals surface area contributed by atoms with Crippen molar-refractivity contribution in [1.29, 1.82) is 0 Å². The molecule has 2 aliphatic rings. The van der Waals surface area contributed by atoms with Crippen molar-refractivity contribution in [3.8, 4) is 5.75 Å². The molecule has 1 unspecified atom stereocenters. The van der Waals surface area contributed by atoms with Gasteiger partial charge in [-0.1, -0.05) is 18.2 Å². The number of nitrogens with zero attached hydrogens (tertiary/aromatic N) is 1. The van der Waals surface area contributed by atoms with E-state index in [0.717, 1.165) is 4.90 Å². The van der Waals surface area contributed by atoms with Gasteiger partial charge in [0.2, 0.25) is 5.91 Å². The van der Waals surface area contributed by atoms with Crippen molar-refractivity contribution in [2.45, 2.75) is 37.9 Å². The largest absolute Gasteiger partial charge is 0.496 e. The van der Waals surface area contributed by atoms with E-state index >= 15 is 0 Å². The standard InChI is InChI=1S/C18H23N3O6S/c1-27-15-5-3-2-4-12(15)10-21-17(23)14(20-18(21)24)6-7-16(22)19-13-8-9-28(25,26)11-13/h2-5,13-14H,6-11H2,1H3,(H,19,22)(H,20,24)/t13?,14-/m0/s1. The number of carbonyl (C=O) groups is 3. The van der Waals surface area contributed by atoms with Crippen molar-refractivity contribution in [2.75, 3.05) is 18.6 Å². The van der Waals surface area contributed by atoms with Gasteiger partial charge in [-0.2, -0.15) is 0 Å². The molecule has 2 fully saturated rings. The third-order valence-corrected chi connectivity index (χ3v) is 6.65. The lowest BCUT2D eigenvalue weighted by molar-refractivity contribution is -0.128. The molecule has 1 aromatic rings. The monoisotopic (exact) mass is 409 g/mol. The van der Waals surface area contributed by atoms with E-state index in [1.807, 2.05) is 0 Å². The van der Waals surface area contributed by atoms with Crippen LogP contribution in [0.1, 0.15) is 24.8 Å². The predicted molar refractivity (Wildman–Crippen MR) is 100 cm³/mol. The number of methoxy groups -OCH3 is 1. The molecule has 3 rings (SSSR count). The van der Waals surface area contributed by atoms with Gasteiger partial charge >= 0.3 is 6.03 Å². The van der Waals surface area contributed by atoms with Crippen LogP contribution in [0.5, 0.6) is 5.75 Å². The number of sulfone groups is 1. The van der Waals surface area contributed by atoms with Gasteiger partial charge in [-0.3, -0.25) is 14.5 Å². The van der Waals surface area contributed by atoms with Crippen LogP contribution in [0.25, 0.3) is 0 Å². The maximum absolute atomic E-state index is 12.6. The number of benzene rings is 1. The zero-order valence-electron chi connectivity index (χ0n) is 15.5. The Labute approximate surface area is 163 Å². The fourth-order valence-corrected chi connectivity index (χ4v) is 5.08. The number of hydrogen-bond acceptors (Lipinski definition) is 6. The number of carbonyl (C=O) groups excluding carboxylic acids is 3. The van der Waals surface area contributed by atoms with Gasteiger partial charge in [0.05, 0.1) is 25.2 Å². The molecule has 2 atom stereocenters. The zero-order chi connectivity index (χ0) is 20.3. The van der Waals surface area contributed by atoms with Crippen molar-refractivity contribution in [3.63, 3.8) is 0 Å².